The first-order valence-corrected chi connectivity index (χ1v) is 11.3. The molecule has 1 N–H and O–H groups in total. The average Bonchev–Trinajstić information content (AvgIpc) is 3.59. The van der Waals surface area contributed by atoms with Gasteiger partial charge in [0.25, 0.3) is 0 Å². The van der Waals surface area contributed by atoms with Crippen molar-refractivity contribution in [1.29, 1.82) is 0 Å². The maximum Gasteiger partial charge on any atom is 0.243 e. The standard InChI is InChI=1S/C24H23N5OS/c30-23(21-12-7-14-28(21)24-25-13-15-31-24)26-16-19-17-29(20-10-5-2-6-11-20)27-22(19)18-8-3-1-4-9-18/h1-6,8-11,13,15,17,21H,7,12,14,16H2,(H,26,30). The summed E-state index contributed by atoms with van der Waals surface area (Å²) in [6.45, 7) is 1.30. The van der Waals surface area contributed by atoms with Gasteiger partial charge in [-0.25, -0.2) is 9.67 Å². The summed E-state index contributed by atoms with van der Waals surface area (Å²) in [4.78, 5) is 19.6. The minimum absolute atomic E-state index is 0.0409. The predicted molar refractivity (Wildman–Crippen MR) is 123 cm³/mol. The van der Waals surface area contributed by atoms with Gasteiger partial charge in [0, 0.05) is 42.0 Å². The zero-order valence-corrected chi connectivity index (χ0v) is 17.8. The fourth-order valence-corrected chi connectivity index (χ4v) is 4.74. The molecule has 0 radical (unpaired) electrons. The highest BCUT2D eigenvalue weighted by Gasteiger charge is 2.32. The summed E-state index contributed by atoms with van der Waals surface area (Å²) in [6, 6.07) is 19.9. The van der Waals surface area contributed by atoms with Gasteiger partial charge in [0.05, 0.1) is 11.4 Å². The van der Waals surface area contributed by atoms with Crippen molar-refractivity contribution >= 4 is 22.4 Å². The number of carbonyl (C=O) groups is 1. The summed E-state index contributed by atoms with van der Waals surface area (Å²) in [5.74, 6) is 0.0409. The maximum atomic E-state index is 13.0. The maximum absolute atomic E-state index is 13.0. The van der Waals surface area contributed by atoms with E-state index in [1.807, 2.05) is 76.9 Å². The molecule has 1 aliphatic heterocycles. The van der Waals surface area contributed by atoms with Crippen LogP contribution in [0.5, 0.6) is 0 Å². The van der Waals surface area contributed by atoms with Gasteiger partial charge in [0.15, 0.2) is 5.13 Å². The minimum atomic E-state index is -0.171. The van der Waals surface area contributed by atoms with Crippen LogP contribution in [0.1, 0.15) is 18.4 Å². The number of hydrogen-bond donors (Lipinski definition) is 1. The molecule has 0 spiro atoms. The molecule has 0 aliphatic carbocycles. The van der Waals surface area contributed by atoms with Crippen molar-refractivity contribution in [3.8, 4) is 16.9 Å². The second-order valence-electron chi connectivity index (χ2n) is 7.53. The number of para-hydroxylation sites is 1. The number of hydrogen-bond acceptors (Lipinski definition) is 5. The molecule has 5 rings (SSSR count). The zero-order valence-electron chi connectivity index (χ0n) is 17.0. The first-order chi connectivity index (χ1) is 15.3. The lowest BCUT2D eigenvalue weighted by Gasteiger charge is -2.23. The van der Waals surface area contributed by atoms with E-state index >= 15 is 0 Å². The van der Waals surface area contributed by atoms with E-state index in [0.29, 0.717) is 6.54 Å². The third-order valence-corrected chi connectivity index (χ3v) is 6.34. The number of thiazole rings is 1. The molecule has 1 atom stereocenters. The van der Waals surface area contributed by atoms with E-state index in [4.69, 9.17) is 5.10 Å². The summed E-state index contributed by atoms with van der Waals surface area (Å²) in [6.07, 6.45) is 5.64. The second kappa shape index (κ2) is 8.73. The van der Waals surface area contributed by atoms with Crippen molar-refractivity contribution in [2.45, 2.75) is 25.4 Å². The molecule has 3 heterocycles. The van der Waals surface area contributed by atoms with E-state index in [1.165, 1.54) is 0 Å². The van der Waals surface area contributed by atoms with Crippen LogP contribution in [0, 0.1) is 0 Å². The fourth-order valence-electron chi connectivity index (χ4n) is 4.02. The summed E-state index contributed by atoms with van der Waals surface area (Å²) < 4.78 is 1.88. The molecule has 2 aromatic heterocycles. The van der Waals surface area contributed by atoms with E-state index in [9.17, 15) is 4.79 Å². The Morgan fingerprint density at radius 1 is 1.10 bits per heavy atom. The summed E-state index contributed by atoms with van der Waals surface area (Å²) in [5, 5.41) is 10.8. The lowest BCUT2D eigenvalue weighted by Crippen LogP contribution is -2.43. The number of anilines is 1. The van der Waals surface area contributed by atoms with Gasteiger partial charge >= 0.3 is 0 Å². The number of carbonyl (C=O) groups excluding carboxylic acids is 1. The summed E-state index contributed by atoms with van der Waals surface area (Å²) in [7, 11) is 0. The molecule has 1 amide bonds. The molecule has 7 heteroatoms. The Kier molecular flexibility index (Phi) is 5.50. The number of nitrogens with one attached hydrogen (secondary N) is 1. The first kappa shape index (κ1) is 19.5. The monoisotopic (exact) mass is 429 g/mol. The number of nitrogens with zero attached hydrogens (tertiary/aromatic N) is 4. The molecule has 0 saturated carbocycles. The predicted octanol–water partition coefficient (Wildman–Crippen LogP) is 4.28. The van der Waals surface area contributed by atoms with Crippen LogP contribution in [0.2, 0.25) is 0 Å². The van der Waals surface area contributed by atoms with Gasteiger partial charge < -0.3 is 10.2 Å². The van der Waals surface area contributed by atoms with Gasteiger partial charge in [-0.3, -0.25) is 4.79 Å². The Labute approximate surface area is 185 Å². The van der Waals surface area contributed by atoms with Crippen molar-refractivity contribution < 1.29 is 4.79 Å². The SMILES string of the molecule is O=C(NCc1cn(-c2ccccc2)nc1-c1ccccc1)C1CCCN1c1nccs1. The topological polar surface area (TPSA) is 63.1 Å². The van der Waals surface area contributed by atoms with Gasteiger partial charge in [-0.05, 0) is 25.0 Å². The quantitative estimate of drug-likeness (QED) is 0.497. The third-order valence-electron chi connectivity index (χ3n) is 5.53. The highest BCUT2D eigenvalue weighted by Crippen LogP contribution is 2.28. The Morgan fingerprint density at radius 3 is 2.61 bits per heavy atom. The molecule has 6 nitrogen and oxygen atoms in total. The zero-order chi connectivity index (χ0) is 21.0. The first-order valence-electron chi connectivity index (χ1n) is 10.4. The van der Waals surface area contributed by atoms with Gasteiger partial charge in [0.2, 0.25) is 5.91 Å². The van der Waals surface area contributed by atoms with Crippen LogP contribution < -0.4 is 10.2 Å². The molecule has 0 bridgehead atoms. The molecule has 1 aliphatic rings. The highest BCUT2D eigenvalue weighted by molar-refractivity contribution is 7.13. The van der Waals surface area contributed by atoms with Crippen LogP contribution in [0.3, 0.4) is 0 Å². The number of aromatic nitrogens is 3. The molecule has 1 unspecified atom stereocenters. The van der Waals surface area contributed by atoms with Crippen LogP contribution in [0.15, 0.2) is 78.4 Å². The number of benzene rings is 2. The van der Waals surface area contributed by atoms with Crippen molar-refractivity contribution in [3.05, 3.63) is 84.0 Å². The lowest BCUT2D eigenvalue weighted by atomic mass is 10.1. The summed E-state index contributed by atoms with van der Waals surface area (Å²) >= 11 is 1.58. The number of rotatable bonds is 6. The van der Waals surface area contributed by atoms with E-state index < -0.39 is 0 Å². The van der Waals surface area contributed by atoms with Gasteiger partial charge in [-0.15, -0.1) is 11.3 Å². The van der Waals surface area contributed by atoms with E-state index in [0.717, 1.165) is 47.0 Å². The van der Waals surface area contributed by atoms with Crippen LogP contribution in [-0.2, 0) is 11.3 Å². The van der Waals surface area contributed by atoms with Crippen molar-refractivity contribution in [3.63, 3.8) is 0 Å². The summed E-state index contributed by atoms with van der Waals surface area (Å²) in [5.41, 5.74) is 3.89. The highest BCUT2D eigenvalue weighted by atomic mass is 32.1. The molecule has 31 heavy (non-hydrogen) atoms. The fraction of sp³-hybridized carbons (Fsp3) is 0.208. The van der Waals surface area contributed by atoms with Crippen LogP contribution >= 0.6 is 11.3 Å². The second-order valence-corrected chi connectivity index (χ2v) is 8.41. The van der Waals surface area contributed by atoms with Gasteiger partial charge in [-0.1, -0.05) is 48.5 Å². The average molecular weight is 430 g/mol. The Bertz CT molecular complexity index is 1140. The smallest absolute Gasteiger partial charge is 0.243 e. The van der Waals surface area contributed by atoms with Crippen LogP contribution in [0.25, 0.3) is 16.9 Å². The van der Waals surface area contributed by atoms with Crippen LogP contribution in [0.4, 0.5) is 5.13 Å². The van der Waals surface area contributed by atoms with Crippen molar-refractivity contribution in [1.82, 2.24) is 20.1 Å². The van der Waals surface area contributed by atoms with Crippen molar-refractivity contribution in [2.24, 2.45) is 0 Å². The van der Waals surface area contributed by atoms with E-state index in [-0.39, 0.29) is 11.9 Å². The van der Waals surface area contributed by atoms with E-state index in [2.05, 4.69) is 15.2 Å². The minimum Gasteiger partial charge on any atom is -0.350 e. The molecular formula is C24H23N5OS. The normalized spacial score (nSPS) is 15.9. The van der Waals surface area contributed by atoms with Gasteiger partial charge in [-0.2, -0.15) is 5.10 Å². The Hall–Kier alpha value is -3.45. The van der Waals surface area contributed by atoms with Crippen LogP contribution in [-0.4, -0.2) is 33.3 Å². The van der Waals surface area contributed by atoms with E-state index in [1.54, 1.807) is 17.5 Å². The molecule has 156 valence electrons. The molecule has 4 aromatic rings. The Morgan fingerprint density at radius 2 is 1.87 bits per heavy atom. The molecular weight excluding hydrogens is 406 g/mol. The molecule has 2 aromatic carbocycles. The lowest BCUT2D eigenvalue weighted by molar-refractivity contribution is -0.122. The van der Waals surface area contributed by atoms with Crippen molar-refractivity contribution in [2.75, 3.05) is 11.4 Å². The Balaban J connectivity index is 1.38. The number of amides is 1. The third kappa shape index (κ3) is 4.09. The largest absolute Gasteiger partial charge is 0.350 e. The molecule has 1 fully saturated rings. The molecule has 1 saturated heterocycles. The van der Waals surface area contributed by atoms with Gasteiger partial charge in [0.1, 0.15) is 6.04 Å².